The van der Waals surface area contributed by atoms with Gasteiger partial charge in [-0.1, -0.05) is 23.7 Å². The Balaban J connectivity index is 1.77. The summed E-state index contributed by atoms with van der Waals surface area (Å²) in [6.07, 6.45) is 1.33. The maximum Gasteiger partial charge on any atom is 0.329 e. The molecule has 2 amide bonds. The van der Waals surface area contributed by atoms with Crippen molar-refractivity contribution in [3.63, 3.8) is 0 Å². The third-order valence-corrected chi connectivity index (χ3v) is 3.44. The number of carbonyl (C=O) groups excluding carboxylic acids is 3. The zero-order chi connectivity index (χ0) is 19.6. The average molecular weight is 389 g/mol. The second-order valence-corrected chi connectivity index (χ2v) is 5.67. The molecular weight excluding hydrogens is 374 g/mol. The van der Waals surface area contributed by atoms with Crippen LogP contribution >= 0.6 is 11.6 Å². The smallest absolute Gasteiger partial charge is 0.329 e. The van der Waals surface area contributed by atoms with Gasteiger partial charge in [-0.15, -0.1) is 0 Å². The van der Waals surface area contributed by atoms with E-state index in [0.29, 0.717) is 16.3 Å². The number of halogens is 1. The highest BCUT2D eigenvalue weighted by Gasteiger charge is 2.11. The van der Waals surface area contributed by atoms with Crippen molar-refractivity contribution in [2.45, 2.75) is 6.54 Å². The van der Waals surface area contributed by atoms with E-state index in [0.717, 1.165) is 5.56 Å². The molecule has 8 nitrogen and oxygen atoms in total. The number of hydrogen-bond acceptors (Lipinski definition) is 6. The largest absolute Gasteiger partial charge is 0.546 e. The van der Waals surface area contributed by atoms with Crippen molar-refractivity contribution in [1.82, 2.24) is 10.7 Å². The first kappa shape index (κ1) is 19.9. The van der Waals surface area contributed by atoms with E-state index >= 15 is 0 Å². The molecule has 0 fully saturated rings. The van der Waals surface area contributed by atoms with Crippen molar-refractivity contribution in [3.8, 4) is 5.75 Å². The zero-order valence-corrected chi connectivity index (χ0v) is 14.7. The average Bonchev–Trinajstić information content (AvgIpc) is 2.66. The maximum atomic E-state index is 11.7. The van der Waals surface area contributed by atoms with Gasteiger partial charge in [-0.05, 0) is 47.5 Å². The van der Waals surface area contributed by atoms with Gasteiger partial charge in [-0.3, -0.25) is 9.59 Å². The minimum atomic E-state index is -1.32. The van der Waals surface area contributed by atoms with Crippen LogP contribution in [0.3, 0.4) is 0 Å². The molecule has 0 saturated heterocycles. The summed E-state index contributed by atoms with van der Waals surface area (Å²) < 4.78 is 4.93. The molecule has 0 atom stereocenters. The van der Waals surface area contributed by atoms with E-state index in [9.17, 15) is 19.5 Å². The Hall–Kier alpha value is -3.39. The molecule has 27 heavy (non-hydrogen) atoms. The van der Waals surface area contributed by atoms with Gasteiger partial charge in [0.2, 0.25) is 0 Å². The van der Waals surface area contributed by atoms with Gasteiger partial charge in [0.05, 0.1) is 12.2 Å². The molecule has 0 bridgehead atoms. The van der Waals surface area contributed by atoms with Crippen LogP contribution < -0.4 is 20.6 Å². The highest BCUT2D eigenvalue weighted by atomic mass is 35.5. The molecule has 0 aliphatic heterocycles. The van der Waals surface area contributed by atoms with E-state index < -0.39 is 24.4 Å². The van der Waals surface area contributed by atoms with Gasteiger partial charge >= 0.3 is 11.8 Å². The predicted octanol–water partition coefficient (Wildman–Crippen LogP) is 0.235. The number of hydrogen-bond donors (Lipinski definition) is 2. The first-order chi connectivity index (χ1) is 12.9. The van der Waals surface area contributed by atoms with E-state index in [4.69, 9.17) is 16.3 Å². The minimum Gasteiger partial charge on any atom is -0.546 e. The standard InChI is InChI=1S/C18H16ClN3O5/c19-14-5-1-12(2-6-14)9-20-17(25)18(26)22-21-10-13-3-7-15(8-4-13)27-11-16(23)24/h1-8,10H,9,11H2,(H,20,25)(H,22,26)(H,23,24)/p-1/b21-10-. The summed E-state index contributed by atoms with van der Waals surface area (Å²) in [4.78, 5) is 33.7. The third-order valence-electron chi connectivity index (χ3n) is 3.19. The fourth-order valence-corrected chi connectivity index (χ4v) is 2.00. The molecule has 0 heterocycles. The third kappa shape index (κ3) is 7.17. The molecule has 140 valence electrons. The van der Waals surface area contributed by atoms with E-state index in [1.165, 1.54) is 18.3 Å². The second-order valence-electron chi connectivity index (χ2n) is 5.24. The summed E-state index contributed by atoms with van der Waals surface area (Å²) in [5, 5.41) is 17.0. The highest BCUT2D eigenvalue weighted by molar-refractivity contribution is 6.35. The number of rotatable bonds is 7. The minimum absolute atomic E-state index is 0.181. The van der Waals surface area contributed by atoms with Gasteiger partial charge in [0.25, 0.3) is 0 Å². The molecule has 0 radical (unpaired) electrons. The monoisotopic (exact) mass is 388 g/mol. The van der Waals surface area contributed by atoms with Crippen molar-refractivity contribution < 1.29 is 24.2 Å². The Morgan fingerprint density at radius 1 is 1.04 bits per heavy atom. The van der Waals surface area contributed by atoms with E-state index in [1.54, 1.807) is 36.4 Å². The first-order valence-electron chi connectivity index (χ1n) is 7.72. The van der Waals surface area contributed by atoms with Gasteiger partial charge < -0.3 is 20.0 Å². The Labute approximate surface area is 159 Å². The Morgan fingerprint density at radius 2 is 1.70 bits per heavy atom. The number of carboxylic acid groups (broad SMARTS) is 1. The van der Waals surface area contributed by atoms with Crippen LogP contribution in [0.1, 0.15) is 11.1 Å². The second kappa shape index (κ2) is 9.93. The maximum absolute atomic E-state index is 11.7. The number of nitrogens with zero attached hydrogens (tertiary/aromatic N) is 1. The number of aliphatic carboxylic acids is 1. The number of ether oxygens (including phenoxy) is 1. The molecule has 0 aliphatic rings. The number of carbonyl (C=O) groups is 3. The van der Waals surface area contributed by atoms with Crippen LogP contribution in [0.4, 0.5) is 0 Å². The van der Waals surface area contributed by atoms with Crippen LogP contribution in [0.15, 0.2) is 53.6 Å². The summed E-state index contributed by atoms with van der Waals surface area (Å²) in [7, 11) is 0. The lowest BCUT2D eigenvalue weighted by atomic mass is 10.2. The lowest BCUT2D eigenvalue weighted by Gasteiger charge is -2.06. The van der Waals surface area contributed by atoms with Gasteiger partial charge in [-0.25, -0.2) is 5.43 Å². The molecule has 0 aromatic heterocycles. The van der Waals surface area contributed by atoms with Crippen LogP contribution in [-0.2, 0) is 20.9 Å². The van der Waals surface area contributed by atoms with Crippen molar-refractivity contribution in [3.05, 3.63) is 64.7 Å². The van der Waals surface area contributed by atoms with Crippen molar-refractivity contribution in [1.29, 1.82) is 0 Å². The summed E-state index contributed by atoms with van der Waals surface area (Å²) in [6.45, 7) is -0.366. The number of carboxylic acids is 1. The van der Waals surface area contributed by atoms with Crippen molar-refractivity contribution in [2.24, 2.45) is 5.10 Å². The van der Waals surface area contributed by atoms with Crippen LogP contribution in [0.25, 0.3) is 0 Å². The van der Waals surface area contributed by atoms with Gasteiger partial charge in [0, 0.05) is 11.6 Å². The molecule has 0 aliphatic carbocycles. The van der Waals surface area contributed by atoms with Crippen molar-refractivity contribution >= 4 is 35.6 Å². The van der Waals surface area contributed by atoms with Crippen LogP contribution in [0.2, 0.25) is 5.02 Å². The lowest BCUT2D eigenvalue weighted by molar-refractivity contribution is -0.307. The summed E-state index contributed by atoms with van der Waals surface area (Å²) in [6, 6.07) is 13.1. The molecule has 2 aromatic rings. The zero-order valence-electron chi connectivity index (χ0n) is 14.0. The number of nitrogens with one attached hydrogen (secondary N) is 2. The van der Waals surface area contributed by atoms with Crippen LogP contribution in [0.5, 0.6) is 5.75 Å². The molecule has 2 aromatic carbocycles. The summed E-state index contributed by atoms with van der Waals surface area (Å²) >= 11 is 5.77. The number of hydrazone groups is 1. The fourth-order valence-electron chi connectivity index (χ4n) is 1.87. The highest BCUT2D eigenvalue weighted by Crippen LogP contribution is 2.11. The summed E-state index contributed by atoms with van der Waals surface area (Å²) in [5.41, 5.74) is 3.52. The van der Waals surface area contributed by atoms with Crippen molar-refractivity contribution in [2.75, 3.05) is 6.61 Å². The Kier molecular flexibility index (Phi) is 7.33. The molecule has 0 spiro atoms. The van der Waals surface area contributed by atoms with Gasteiger partial charge in [0.1, 0.15) is 12.4 Å². The lowest BCUT2D eigenvalue weighted by Crippen LogP contribution is -2.37. The molecule has 9 heteroatoms. The SMILES string of the molecule is O=C([O-])COc1ccc(/C=N\NC(=O)C(=O)NCc2ccc(Cl)cc2)cc1. The molecule has 2 rings (SSSR count). The predicted molar refractivity (Wildman–Crippen MR) is 96.0 cm³/mol. The number of benzene rings is 2. The van der Waals surface area contributed by atoms with E-state index in [2.05, 4.69) is 15.8 Å². The Morgan fingerprint density at radius 3 is 2.33 bits per heavy atom. The topological polar surface area (TPSA) is 120 Å². The van der Waals surface area contributed by atoms with Gasteiger partial charge in [0.15, 0.2) is 0 Å². The molecule has 0 saturated carbocycles. The quantitative estimate of drug-likeness (QED) is 0.400. The molecule has 2 N–H and O–H groups in total. The van der Waals surface area contributed by atoms with E-state index in [1.807, 2.05) is 0 Å². The number of amides is 2. The van der Waals surface area contributed by atoms with Crippen LogP contribution in [0, 0.1) is 0 Å². The van der Waals surface area contributed by atoms with Crippen LogP contribution in [-0.4, -0.2) is 30.6 Å². The normalized spacial score (nSPS) is 10.4. The fraction of sp³-hybridized carbons (Fsp3) is 0.111. The molecule has 0 unspecified atom stereocenters. The van der Waals surface area contributed by atoms with E-state index in [-0.39, 0.29) is 6.54 Å². The van der Waals surface area contributed by atoms with Gasteiger partial charge in [-0.2, -0.15) is 5.10 Å². The first-order valence-corrected chi connectivity index (χ1v) is 8.10. The summed E-state index contributed by atoms with van der Waals surface area (Å²) in [5.74, 6) is -2.71. The molecular formula is C18H15ClN3O5-. The Bertz CT molecular complexity index is 835.